The Hall–Kier alpha value is -1.90. The number of imidazole rings is 1. The van der Waals surface area contributed by atoms with Gasteiger partial charge in [0.25, 0.3) is 0 Å². The monoisotopic (exact) mass is 186 g/mol. The molecule has 2 aromatic rings. The van der Waals surface area contributed by atoms with Crippen LogP contribution in [0, 0.1) is 0 Å². The second-order valence-electron chi connectivity index (χ2n) is 3.04. The summed E-state index contributed by atoms with van der Waals surface area (Å²) in [5.74, 6) is 0.869. The van der Waals surface area contributed by atoms with Crippen molar-refractivity contribution >= 4 is 12.2 Å². The first-order chi connectivity index (χ1) is 6.86. The van der Waals surface area contributed by atoms with Gasteiger partial charge in [0.05, 0.1) is 0 Å². The summed E-state index contributed by atoms with van der Waals surface area (Å²) in [5, 5.41) is 0. The minimum Gasteiger partial charge on any atom is -0.345 e. The first kappa shape index (κ1) is 8.69. The van der Waals surface area contributed by atoms with Gasteiger partial charge in [-0.25, -0.2) is 9.55 Å². The average Bonchev–Trinajstić information content (AvgIpc) is 2.69. The van der Waals surface area contributed by atoms with E-state index in [1.807, 2.05) is 43.7 Å². The van der Waals surface area contributed by atoms with Crippen molar-refractivity contribution in [1.82, 2.24) is 9.97 Å². The van der Waals surface area contributed by atoms with E-state index >= 15 is 0 Å². The van der Waals surface area contributed by atoms with Crippen LogP contribution in [-0.4, -0.2) is 9.97 Å². The number of aromatic nitrogens is 3. The molecule has 0 spiro atoms. The van der Waals surface area contributed by atoms with E-state index < -0.39 is 0 Å². The van der Waals surface area contributed by atoms with Crippen LogP contribution in [0.3, 0.4) is 0 Å². The van der Waals surface area contributed by atoms with Gasteiger partial charge in [-0.1, -0.05) is 0 Å². The molecule has 0 saturated heterocycles. The minimum atomic E-state index is 0.869. The third kappa shape index (κ3) is 1.88. The molecule has 70 valence electrons. The molecular formula is C11H12N3+. The number of nitrogens with one attached hydrogen (secondary N) is 1. The Balaban J connectivity index is 2.23. The topological polar surface area (TPSA) is 32.6 Å². The molecule has 0 saturated carbocycles. The summed E-state index contributed by atoms with van der Waals surface area (Å²) in [6.45, 7) is 0. The Morgan fingerprint density at radius 3 is 3.00 bits per heavy atom. The zero-order valence-corrected chi connectivity index (χ0v) is 8.01. The highest BCUT2D eigenvalue weighted by atomic mass is 14.9. The molecule has 0 aliphatic rings. The maximum atomic E-state index is 4.11. The standard InChI is InChI=1S/C11H11N3/c1-14-9-3-2-4-10(14)5-6-11-12-7-8-13-11/h2-9H,1H3/p+1. The Bertz CT molecular complexity index is 430. The molecule has 2 aromatic heterocycles. The maximum absolute atomic E-state index is 4.11. The number of H-pyrrole nitrogens is 1. The Labute approximate surface area is 82.8 Å². The van der Waals surface area contributed by atoms with Gasteiger partial charge in [-0.3, -0.25) is 0 Å². The van der Waals surface area contributed by atoms with Gasteiger partial charge in [-0.15, -0.1) is 0 Å². The van der Waals surface area contributed by atoms with E-state index in [1.54, 1.807) is 6.20 Å². The van der Waals surface area contributed by atoms with Crippen LogP contribution >= 0.6 is 0 Å². The van der Waals surface area contributed by atoms with Crippen molar-refractivity contribution in [2.24, 2.45) is 7.05 Å². The molecular weight excluding hydrogens is 174 g/mol. The lowest BCUT2D eigenvalue weighted by Crippen LogP contribution is -2.30. The first-order valence-electron chi connectivity index (χ1n) is 4.48. The fraction of sp³-hybridized carbons (Fsp3) is 0.0909. The van der Waals surface area contributed by atoms with Crippen LogP contribution < -0.4 is 4.57 Å². The normalized spacial score (nSPS) is 10.9. The van der Waals surface area contributed by atoms with Crippen molar-refractivity contribution in [2.45, 2.75) is 0 Å². The van der Waals surface area contributed by atoms with Crippen LogP contribution in [0.15, 0.2) is 36.8 Å². The molecule has 0 amide bonds. The average molecular weight is 186 g/mol. The number of aromatic amines is 1. The Morgan fingerprint density at radius 1 is 1.36 bits per heavy atom. The number of aryl methyl sites for hydroxylation is 1. The van der Waals surface area contributed by atoms with Gasteiger partial charge < -0.3 is 4.98 Å². The Kier molecular flexibility index (Phi) is 2.40. The highest BCUT2D eigenvalue weighted by Crippen LogP contribution is 1.99. The number of hydrogen-bond donors (Lipinski definition) is 1. The van der Waals surface area contributed by atoms with E-state index in [1.165, 1.54) is 0 Å². The summed E-state index contributed by atoms with van der Waals surface area (Å²) in [7, 11) is 2.02. The van der Waals surface area contributed by atoms with Gasteiger partial charge >= 0.3 is 0 Å². The molecule has 0 unspecified atom stereocenters. The van der Waals surface area contributed by atoms with E-state index in [4.69, 9.17) is 0 Å². The van der Waals surface area contributed by atoms with Crippen molar-refractivity contribution in [3.05, 3.63) is 48.3 Å². The number of hydrogen-bond acceptors (Lipinski definition) is 1. The van der Waals surface area contributed by atoms with Crippen molar-refractivity contribution in [3.8, 4) is 0 Å². The lowest BCUT2D eigenvalue weighted by atomic mass is 10.3. The molecule has 3 nitrogen and oxygen atoms in total. The number of rotatable bonds is 2. The van der Waals surface area contributed by atoms with Gasteiger partial charge in [-0.05, 0) is 12.1 Å². The quantitative estimate of drug-likeness (QED) is 0.706. The van der Waals surface area contributed by atoms with Crippen LogP contribution in [0.1, 0.15) is 11.5 Å². The van der Waals surface area contributed by atoms with Gasteiger partial charge in [-0.2, -0.15) is 0 Å². The number of pyridine rings is 1. The van der Waals surface area contributed by atoms with Crippen molar-refractivity contribution < 1.29 is 4.57 Å². The van der Waals surface area contributed by atoms with E-state index in [0.717, 1.165) is 11.5 Å². The molecule has 0 bridgehead atoms. The van der Waals surface area contributed by atoms with Crippen LogP contribution in [0.25, 0.3) is 12.2 Å². The van der Waals surface area contributed by atoms with E-state index in [0.29, 0.717) is 0 Å². The summed E-state index contributed by atoms with van der Waals surface area (Å²) in [4.78, 5) is 7.13. The van der Waals surface area contributed by atoms with Crippen molar-refractivity contribution in [1.29, 1.82) is 0 Å². The first-order valence-corrected chi connectivity index (χ1v) is 4.48. The summed E-state index contributed by atoms with van der Waals surface area (Å²) < 4.78 is 2.06. The molecule has 0 aliphatic heterocycles. The molecule has 0 aliphatic carbocycles. The largest absolute Gasteiger partial charge is 0.345 e. The summed E-state index contributed by atoms with van der Waals surface area (Å²) in [5.41, 5.74) is 1.14. The van der Waals surface area contributed by atoms with Crippen LogP contribution in [0.4, 0.5) is 0 Å². The fourth-order valence-corrected chi connectivity index (χ4v) is 1.24. The summed E-state index contributed by atoms with van der Waals surface area (Å²) in [6, 6.07) is 6.07. The molecule has 0 radical (unpaired) electrons. The fourth-order valence-electron chi connectivity index (χ4n) is 1.24. The summed E-state index contributed by atoms with van der Waals surface area (Å²) in [6.07, 6.45) is 9.55. The lowest BCUT2D eigenvalue weighted by molar-refractivity contribution is -0.673. The minimum absolute atomic E-state index is 0.869. The molecule has 1 N–H and O–H groups in total. The van der Waals surface area contributed by atoms with Gasteiger partial charge in [0, 0.05) is 30.6 Å². The zero-order chi connectivity index (χ0) is 9.80. The highest BCUT2D eigenvalue weighted by Gasteiger charge is 1.98. The molecule has 0 fully saturated rings. The van der Waals surface area contributed by atoms with Crippen molar-refractivity contribution in [3.63, 3.8) is 0 Å². The predicted octanol–water partition coefficient (Wildman–Crippen LogP) is 1.40. The van der Waals surface area contributed by atoms with E-state index in [2.05, 4.69) is 20.6 Å². The molecule has 2 rings (SSSR count). The van der Waals surface area contributed by atoms with Crippen LogP contribution in [-0.2, 0) is 7.05 Å². The lowest BCUT2D eigenvalue weighted by Gasteiger charge is -1.91. The summed E-state index contributed by atoms with van der Waals surface area (Å²) >= 11 is 0. The van der Waals surface area contributed by atoms with E-state index in [9.17, 15) is 0 Å². The van der Waals surface area contributed by atoms with Crippen LogP contribution in [0.2, 0.25) is 0 Å². The maximum Gasteiger partial charge on any atom is 0.205 e. The molecule has 0 aromatic carbocycles. The van der Waals surface area contributed by atoms with Gasteiger partial charge in [0.2, 0.25) is 5.69 Å². The van der Waals surface area contributed by atoms with Gasteiger partial charge in [0.1, 0.15) is 12.9 Å². The molecule has 3 heteroatoms. The van der Waals surface area contributed by atoms with Crippen molar-refractivity contribution in [2.75, 3.05) is 0 Å². The third-order valence-electron chi connectivity index (χ3n) is 2.03. The van der Waals surface area contributed by atoms with Crippen LogP contribution in [0.5, 0.6) is 0 Å². The third-order valence-corrected chi connectivity index (χ3v) is 2.03. The van der Waals surface area contributed by atoms with Gasteiger partial charge in [0.15, 0.2) is 6.20 Å². The zero-order valence-electron chi connectivity index (χ0n) is 8.01. The molecule has 14 heavy (non-hydrogen) atoms. The molecule has 2 heterocycles. The SMILES string of the molecule is C[n+]1ccccc1C=Cc1ncc[nH]1. The number of nitrogens with zero attached hydrogens (tertiary/aromatic N) is 2. The molecule has 0 atom stereocenters. The van der Waals surface area contributed by atoms with E-state index in [-0.39, 0.29) is 0 Å². The predicted molar refractivity (Wildman–Crippen MR) is 55.1 cm³/mol. The smallest absolute Gasteiger partial charge is 0.205 e. The second-order valence-corrected chi connectivity index (χ2v) is 3.04. The second kappa shape index (κ2) is 3.87. The highest BCUT2D eigenvalue weighted by molar-refractivity contribution is 5.62. The Morgan fingerprint density at radius 2 is 2.29 bits per heavy atom.